The molecule has 0 spiro atoms. The zero-order valence-corrected chi connectivity index (χ0v) is 13.2. The number of alkyl halides is 1. The lowest BCUT2D eigenvalue weighted by atomic mass is 10.0. The van der Waals surface area contributed by atoms with E-state index in [2.05, 4.69) is 0 Å². The Kier molecular flexibility index (Phi) is 5.32. The van der Waals surface area contributed by atoms with Crippen LogP contribution in [-0.2, 0) is 6.42 Å². The molecule has 2 aromatic rings. The van der Waals surface area contributed by atoms with Crippen LogP contribution in [0.25, 0.3) is 0 Å². The van der Waals surface area contributed by atoms with Gasteiger partial charge in [0.25, 0.3) is 0 Å². The number of benzene rings is 2. The summed E-state index contributed by atoms with van der Waals surface area (Å²) in [6, 6.07) is 10.2. The second-order valence-corrected chi connectivity index (χ2v) is 5.49. The lowest BCUT2D eigenvalue weighted by molar-refractivity contribution is 0.351. The Labute approximate surface area is 133 Å². The van der Waals surface area contributed by atoms with Crippen LogP contribution in [0, 0.1) is 5.82 Å². The van der Waals surface area contributed by atoms with Crippen molar-refractivity contribution < 1.29 is 13.9 Å². The first-order valence-corrected chi connectivity index (χ1v) is 7.16. The maximum atomic E-state index is 14.1. The van der Waals surface area contributed by atoms with E-state index in [0.717, 1.165) is 5.56 Å². The summed E-state index contributed by atoms with van der Waals surface area (Å²) >= 11 is 12.2. The standard InChI is InChI=1S/C16H15Cl2FO2/c1-20-15-8-12(14(19)9-16(15)21-2)13(18)7-10-3-5-11(17)6-4-10/h3-6,8-9,13H,7H2,1-2H3. The minimum absolute atomic E-state index is 0.342. The minimum atomic E-state index is -0.508. The van der Waals surface area contributed by atoms with E-state index in [1.807, 2.05) is 12.1 Å². The Morgan fingerprint density at radius 3 is 2.19 bits per heavy atom. The molecule has 2 rings (SSSR count). The van der Waals surface area contributed by atoms with Crippen molar-refractivity contribution in [2.24, 2.45) is 0 Å². The molecule has 0 saturated heterocycles. The number of rotatable bonds is 5. The fourth-order valence-electron chi connectivity index (χ4n) is 2.05. The van der Waals surface area contributed by atoms with Gasteiger partial charge in [-0.15, -0.1) is 11.6 Å². The summed E-state index contributed by atoms with van der Waals surface area (Å²) in [5, 5.41) is 0.146. The van der Waals surface area contributed by atoms with Crippen molar-refractivity contribution in [3.8, 4) is 11.5 Å². The summed E-state index contributed by atoms with van der Waals surface area (Å²) in [7, 11) is 2.96. The molecule has 112 valence electrons. The van der Waals surface area contributed by atoms with E-state index in [0.29, 0.717) is 28.5 Å². The molecule has 0 bridgehead atoms. The van der Waals surface area contributed by atoms with E-state index in [9.17, 15) is 4.39 Å². The van der Waals surface area contributed by atoms with Gasteiger partial charge >= 0.3 is 0 Å². The number of methoxy groups -OCH3 is 2. The highest BCUT2D eigenvalue weighted by atomic mass is 35.5. The Bertz CT molecular complexity index is 614. The van der Waals surface area contributed by atoms with Gasteiger partial charge in [0.1, 0.15) is 5.82 Å². The van der Waals surface area contributed by atoms with E-state index < -0.39 is 11.2 Å². The highest BCUT2D eigenvalue weighted by Crippen LogP contribution is 2.35. The van der Waals surface area contributed by atoms with Gasteiger partial charge in [0.15, 0.2) is 11.5 Å². The highest BCUT2D eigenvalue weighted by Gasteiger charge is 2.18. The summed E-state index contributed by atoms with van der Waals surface area (Å²) in [5.74, 6) is 0.381. The van der Waals surface area contributed by atoms with Gasteiger partial charge in [0, 0.05) is 16.7 Å². The van der Waals surface area contributed by atoms with Crippen molar-refractivity contribution in [1.82, 2.24) is 0 Å². The zero-order chi connectivity index (χ0) is 15.4. The van der Waals surface area contributed by atoms with Crippen LogP contribution in [0.4, 0.5) is 4.39 Å². The smallest absolute Gasteiger partial charge is 0.163 e. The summed E-state index contributed by atoms with van der Waals surface area (Å²) < 4.78 is 24.4. The molecule has 0 radical (unpaired) electrons. The lowest BCUT2D eigenvalue weighted by Gasteiger charge is -2.15. The van der Waals surface area contributed by atoms with E-state index in [4.69, 9.17) is 32.7 Å². The van der Waals surface area contributed by atoms with Gasteiger partial charge in [-0.2, -0.15) is 0 Å². The van der Waals surface area contributed by atoms with Gasteiger partial charge in [-0.1, -0.05) is 23.7 Å². The van der Waals surface area contributed by atoms with E-state index in [-0.39, 0.29) is 0 Å². The quantitative estimate of drug-likeness (QED) is 0.717. The summed E-state index contributed by atoms with van der Waals surface area (Å²) in [6.07, 6.45) is 0.491. The number of halogens is 3. The molecule has 0 aliphatic rings. The number of hydrogen-bond donors (Lipinski definition) is 0. The minimum Gasteiger partial charge on any atom is -0.493 e. The van der Waals surface area contributed by atoms with Crippen molar-refractivity contribution in [2.45, 2.75) is 11.8 Å². The summed E-state index contributed by atoms with van der Waals surface area (Å²) in [6.45, 7) is 0. The molecule has 0 fully saturated rings. The molecular formula is C16H15Cl2FO2. The molecule has 0 N–H and O–H groups in total. The molecule has 0 saturated carbocycles. The third kappa shape index (κ3) is 3.80. The Hall–Kier alpha value is -1.45. The molecule has 1 unspecified atom stereocenters. The Morgan fingerprint density at radius 2 is 1.62 bits per heavy atom. The number of hydrogen-bond acceptors (Lipinski definition) is 2. The van der Waals surface area contributed by atoms with E-state index >= 15 is 0 Å². The molecule has 0 aliphatic heterocycles. The SMILES string of the molecule is COc1cc(F)c(C(Cl)Cc2ccc(Cl)cc2)cc1OC. The molecule has 0 heterocycles. The second kappa shape index (κ2) is 7.01. The van der Waals surface area contributed by atoms with Crippen LogP contribution < -0.4 is 9.47 Å². The van der Waals surface area contributed by atoms with Gasteiger partial charge in [0.2, 0.25) is 0 Å². The van der Waals surface area contributed by atoms with Crippen LogP contribution in [0.15, 0.2) is 36.4 Å². The second-order valence-electron chi connectivity index (χ2n) is 4.53. The van der Waals surface area contributed by atoms with Crippen LogP contribution >= 0.6 is 23.2 Å². The Balaban J connectivity index is 2.26. The molecule has 21 heavy (non-hydrogen) atoms. The van der Waals surface area contributed by atoms with E-state index in [1.54, 1.807) is 18.2 Å². The van der Waals surface area contributed by atoms with E-state index in [1.165, 1.54) is 20.3 Å². The van der Waals surface area contributed by atoms with Gasteiger partial charge in [0.05, 0.1) is 19.6 Å². The molecule has 2 aromatic carbocycles. The maximum Gasteiger partial charge on any atom is 0.163 e. The average molecular weight is 329 g/mol. The van der Waals surface area contributed by atoms with Crippen molar-refractivity contribution in [3.63, 3.8) is 0 Å². The van der Waals surface area contributed by atoms with Crippen molar-refractivity contribution >= 4 is 23.2 Å². The molecular weight excluding hydrogens is 314 g/mol. The monoisotopic (exact) mass is 328 g/mol. The molecule has 2 nitrogen and oxygen atoms in total. The van der Waals surface area contributed by atoms with Crippen LogP contribution in [0.2, 0.25) is 5.02 Å². The average Bonchev–Trinajstić information content (AvgIpc) is 2.49. The molecule has 0 amide bonds. The van der Waals surface area contributed by atoms with Gasteiger partial charge in [-0.05, 0) is 30.2 Å². The number of ether oxygens (including phenoxy) is 2. The third-order valence-corrected chi connectivity index (χ3v) is 3.81. The van der Waals surface area contributed by atoms with Gasteiger partial charge < -0.3 is 9.47 Å². The first-order chi connectivity index (χ1) is 10.0. The fraction of sp³-hybridized carbons (Fsp3) is 0.250. The van der Waals surface area contributed by atoms with Crippen molar-refractivity contribution in [1.29, 1.82) is 0 Å². The molecule has 0 aliphatic carbocycles. The normalized spacial score (nSPS) is 12.0. The van der Waals surface area contributed by atoms with Crippen molar-refractivity contribution in [2.75, 3.05) is 14.2 Å². The Morgan fingerprint density at radius 1 is 1.05 bits per heavy atom. The first-order valence-electron chi connectivity index (χ1n) is 6.35. The molecule has 1 atom stereocenters. The van der Waals surface area contributed by atoms with Crippen LogP contribution in [0.3, 0.4) is 0 Å². The third-order valence-electron chi connectivity index (χ3n) is 3.17. The molecule has 5 heteroatoms. The predicted octanol–water partition coefficient (Wildman–Crippen LogP) is 5.02. The summed E-state index contributed by atoms with van der Waals surface area (Å²) in [4.78, 5) is 0. The van der Waals surface area contributed by atoms with Crippen molar-refractivity contribution in [3.05, 3.63) is 58.4 Å². The van der Waals surface area contributed by atoms with Gasteiger partial charge in [-0.25, -0.2) is 4.39 Å². The zero-order valence-electron chi connectivity index (χ0n) is 11.7. The predicted molar refractivity (Wildman–Crippen MR) is 83.3 cm³/mol. The van der Waals surface area contributed by atoms with Crippen LogP contribution in [0.5, 0.6) is 11.5 Å². The van der Waals surface area contributed by atoms with Crippen LogP contribution in [0.1, 0.15) is 16.5 Å². The first kappa shape index (κ1) is 15.9. The largest absolute Gasteiger partial charge is 0.493 e. The molecule has 0 aromatic heterocycles. The maximum absolute atomic E-state index is 14.1. The lowest BCUT2D eigenvalue weighted by Crippen LogP contribution is -2.01. The topological polar surface area (TPSA) is 18.5 Å². The fourth-order valence-corrected chi connectivity index (χ4v) is 2.52. The van der Waals surface area contributed by atoms with Crippen LogP contribution in [-0.4, -0.2) is 14.2 Å². The van der Waals surface area contributed by atoms with Gasteiger partial charge in [-0.3, -0.25) is 0 Å². The highest BCUT2D eigenvalue weighted by molar-refractivity contribution is 6.30. The summed E-state index contributed by atoms with van der Waals surface area (Å²) in [5.41, 5.74) is 1.36.